The van der Waals surface area contributed by atoms with Crippen LogP contribution in [-0.4, -0.2) is 41.7 Å². The Morgan fingerprint density at radius 2 is 1.90 bits per heavy atom. The van der Waals surface area contributed by atoms with Crippen LogP contribution in [0.1, 0.15) is 41.6 Å². The average Bonchev–Trinajstić information content (AvgIpc) is 2.80. The molecule has 0 bridgehead atoms. The van der Waals surface area contributed by atoms with Crippen molar-refractivity contribution in [2.75, 3.05) is 13.6 Å². The first-order chi connectivity index (χ1) is 15.0. The fourth-order valence-electron chi connectivity index (χ4n) is 4.13. The van der Waals surface area contributed by atoms with Crippen LogP contribution < -0.4 is 16.0 Å². The molecule has 0 aliphatic heterocycles. The minimum Gasteiger partial charge on any atom is -0.508 e. The van der Waals surface area contributed by atoms with Crippen molar-refractivity contribution < 1.29 is 15.0 Å². The lowest BCUT2D eigenvalue weighted by Gasteiger charge is -2.41. The molecule has 8 nitrogen and oxygen atoms in total. The molecular formula is C23H27N5O3. The van der Waals surface area contributed by atoms with Crippen LogP contribution in [0.4, 0.5) is 0 Å². The van der Waals surface area contributed by atoms with Gasteiger partial charge in [-0.2, -0.15) is 5.26 Å². The van der Waals surface area contributed by atoms with E-state index in [0.29, 0.717) is 12.5 Å². The van der Waals surface area contributed by atoms with Gasteiger partial charge in [0.2, 0.25) is 5.96 Å². The van der Waals surface area contributed by atoms with Crippen molar-refractivity contribution in [2.24, 2.45) is 4.99 Å². The summed E-state index contributed by atoms with van der Waals surface area (Å²) in [5.41, 5.74) is 0.937. The second-order valence-electron chi connectivity index (χ2n) is 7.76. The first-order valence-corrected chi connectivity index (χ1v) is 10.2. The Hall–Kier alpha value is -3.73. The molecule has 0 aromatic heterocycles. The summed E-state index contributed by atoms with van der Waals surface area (Å²) < 4.78 is 0. The molecule has 31 heavy (non-hydrogen) atoms. The fourth-order valence-corrected chi connectivity index (χ4v) is 4.13. The monoisotopic (exact) mass is 421 g/mol. The van der Waals surface area contributed by atoms with Crippen molar-refractivity contribution in [3.63, 3.8) is 0 Å². The molecule has 0 saturated heterocycles. The Labute approximate surface area is 181 Å². The van der Waals surface area contributed by atoms with E-state index < -0.39 is 5.91 Å². The van der Waals surface area contributed by atoms with Crippen molar-refractivity contribution >= 4 is 11.9 Å². The molecule has 1 amide bonds. The fraction of sp³-hybridized carbons (Fsp3) is 0.348. The number of nitriles is 1. The zero-order valence-electron chi connectivity index (χ0n) is 17.4. The third-order valence-corrected chi connectivity index (χ3v) is 5.88. The van der Waals surface area contributed by atoms with Gasteiger partial charge in [-0.3, -0.25) is 15.1 Å². The largest absolute Gasteiger partial charge is 0.508 e. The summed E-state index contributed by atoms with van der Waals surface area (Å²) >= 11 is 0. The number of nitrogens with one attached hydrogen (secondary N) is 3. The van der Waals surface area contributed by atoms with Crippen molar-refractivity contribution in [2.45, 2.75) is 37.1 Å². The van der Waals surface area contributed by atoms with Crippen molar-refractivity contribution in [3.05, 3.63) is 59.7 Å². The van der Waals surface area contributed by atoms with Crippen LogP contribution in [-0.2, 0) is 5.41 Å². The van der Waals surface area contributed by atoms with Gasteiger partial charge in [-0.15, -0.1) is 0 Å². The van der Waals surface area contributed by atoms with Gasteiger partial charge >= 0.3 is 0 Å². The van der Waals surface area contributed by atoms with E-state index in [1.807, 2.05) is 24.4 Å². The van der Waals surface area contributed by atoms with Gasteiger partial charge in [0.1, 0.15) is 11.5 Å². The predicted octanol–water partition coefficient (Wildman–Crippen LogP) is 2.35. The number of rotatable bonds is 5. The van der Waals surface area contributed by atoms with E-state index in [9.17, 15) is 15.0 Å². The molecule has 1 saturated carbocycles. The second-order valence-corrected chi connectivity index (χ2v) is 7.76. The third kappa shape index (κ3) is 5.25. The van der Waals surface area contributed by atoms with E-state index in [1.165, 1.54) is 18.2 Å². The molecule has 1 aliphatic carbocycles. The first-order valence-electron chi connectivity index (χ1n) is 10.2. The van der Waals surface area contributed by atoms with Crippen LogP contribution in [0.2, 0.25) is 0 Å². The molecule has 0 spiro atoms. The minimum atomic E-state index is -0.428. The lowest BCUT2D eigenvalue weighted by molar-refractivity contribution is 0.0932. The van der Waals surface area contributed by atoms with Gasteiger partial charge in [-0.1, -0.05) is 30.3 Å². The van der Waals surface area contributed by atoms with E-state index in [2.05, 4.69) is 33.1 Å². The molecule has 1 fully saturated rings. The Morgan fingerprint density at radius 3 is 2.55 bits per heavy atom. The number of phenols is 2. The van der Waals surface area contributed by atoms with Gasteiger partial charge in [0, 0.05) is 25.0 Å². The molecule has 8 heteroatoms. The highest BCUT2D eigenvalue weighted by Crippen LogP contribution is 2.39. The van der Waals surface area contributed by atoms with Crippen molar-refractivity contribution in [3.8, 4) is 17.7 Å². The maximum absolute atomic E-state index is 12.7. The number of nitrogens with zero attached hydrogens (tertiary/aromatic N) is 2. The number of guanidine groups is 1. The Kier molecular flexibility index (Phi) is 6.98. The molecule has 2 aromatic rings. The van der Waals surface area contributed by atoms with Gasteiger partial charge in [0.05, 0.1) is 5.56 Å². The van der Waals surface area contributed by atoms with E-state index in [-0.39, 0.29) is 28.5 Å². The lowest BCUT2D eigenvalue weighted by Crippen LogP contribution is -2.49. The minimum absolute atomic E-state index is 0.0462. The van der Waals surface area contributed by atoms with E-state index in [1.54, 1.807) is 7.05 Å². The Balaban J connectivity index is 1.74. The summed E-state index contributed by atoms with van der Waals surface area (Å²) in [7, 11) is 1.62. The van der Waals surface area contributed by atoms with E-state index >= 15 is 0 Å². The molecule has 2 aromatic carbocycles. The van der Waals surface area contributed by atoms with Crippen LogP contribution in [0, 0.1) is 11.5 Å². The predicted molar refractivity (Wildman–Crippen MR) is 118 cm³/mol. The molecule has 0 atom stereocenters. The van der Waals surface area contributed by atoms with Crippen molar-refractivity contribution in [1.82, 2.24) is 16.0 Å². The van der Waals surface area contributed by atoms with Gasteiger partial charge in [0.25, 0.3) is 5.91 Å². The number of hydrogen-bond acceptors (Lipinski definition) is 5. The zero-order chi connectivity index (χ0) is 22.3. The highest BCUT2D eigenvalue weighted by Gasteiger charge is 2.37. The number of carbonyl (C=O) groups is 1. The second kappa shape index (κ2) is 9.85. The normalized spacial score (nSPS) is 21.0. The molecule has 3 rings (SSSR count). The van der Waals surface area contributed by atoms with E-state index in [0.717, 1.165) is 31.2 Å². The molecule has 5 N–H and O–H groups in total. The molecule has 0 unspecified atom stereocenters. The van der Waals surface area contributed by atoms with Gasteiger partial charge in [-0.25, -0.2) is 0 Å². The summed E-state index contributed by atoms with van der Waals surface area (Å²) in [6, 6.07) is 14.1. The maximum Gasteiger partial charge on any atom is 0.255 e. The maximum atomic E-state index is 12.7. The average molecular weight is 422 g/mol. The van der Waals surface area contributed by atoms with Crippen molar-refractivity contribution in [1.29, 1.82) is 5.26 Å². The number of amides is 1. The summed E-state index contributed by atoms with van der Waals surface area (Å²) in [5, 5.41) is 37.2. The lowest BCUT2D eigenvalue weighted by atomic mass is 9.68. The molecule has 0 radical (unpaired) electrons. The SMILES string of the molecule is CN=C(NC#N)NC1CCC(CNC(=O)c2cc(O)ccc2O)(c2ccccc2)CC1. The Bertz CT molecular complexity index is 976. The summed E-state index contributed by atoms with van der Waals surface area (Å²) in [5.74, 6) is -0.227. The first kappa shape index (κ1) is 22.0. The van der Waals surface area contributed by atoms with Crippen LogP contribution in [0.25, 0.3) is 0 Å². The quantitative estimate of drug-likeness (QED) is 0.166. The molecule has 162 valence electrons. The smallest absolute Gasteiger partial charge is 0.255 e. The molecule has 0 heterocycles. The topological polar surface area (TPSA) is 130 Å². The third-order valence-electron chi connectivity index (χ3n) is 5.88. The van der Waals surface area contributed by atoms with Gasteiger partial charge < -0.3 is 20.8 Å². The number of aromatic hydroxyl groups is 2. The van der Waals surface area contributed by atoms with Gasteiger partial charge in [0.15, 0.2) is 6.19 Å². The summed E-state index contributed by atoms with van der Waals surface area (Å²) in [4.78, 5) is 16.8. The number of benzene rings is 2. The van der Waals surface area contributed by atoms with Crippen LogP contribution >= 0.6 is 0 Å². The highest BCUT2D eigenvalue weighted by molar-refractivity contribution is 5.97. The number of phenolic OH excluding ortho intramolecular Hbond substituents is 2. The Morgan fingerprint density at radius 1 is 1.19 bits per heavy atom. The number of carbonyl (C=O) groups excluding carboxylic acids is 1. The van der Waals surface area contributed by atoms with Crippen LogP contribution in [0.15, 0.2) is 53.5 Å². The number of hydrogen-bond donors (Lipinski definition) is 5. The van der Waals surface area contributed by atoms with E-state index in [4.69, 9.17) is 5.26 Å². The standard InChI is InChI=1S/C23H27N5O3/c1-25-22(27-15-24)28-17-9-11-23(12-10-17,16-5-3-2-4-6-16)14-26-21(31)19-13-18(29)7-8-20(19)30/h2-8,13,17,29-30H,9-12,14H2,1H3,(H,26,31)(H2,25,27,28). The van der Waals surface area contributed by atoms with Crippen LogP contribution in [0.3, 0.4) is 0 Å². The summed E-state index contributed by atoms with van der Waals surface area (Å²) in [6.45, 7) is 0.406. The zero-order valence-corrected chi connectivity index (χ0v) is 17.4. The van der Waals surface area contributed by atoms with Gasteiger partial charge in [-0.05, 0) is 49.4 Å². The van der Waals surface area contributed by atoms with Crippen LogP contribution in [0.5, 0.6) is 11.5 Å². The highest BCUT2D eigenvalue weighted by atomic mass is 16.3. The number of aliphatic imine (C=N–C) groups is 1. The molecular weight excluding hydrogens is 394 g/mol. The molecule has 1 aliphatic rings. The summed E-state index contributed by atoms with van der Waals surface area (Å²) in [6.07, 6.45) is 5.21.